The van der Waals surface area contributed by atoms with Crippen LogP contribution in [0.4, 0.5) is 0 Å². The summed E-state index contributed by atoms with van der Waals surface area (Å²) in [4.78, 5) is 0. The first-order valence-electron chi connectivity index (χ1n) is 3.87. The van der Waals surface area contributed by atoms with Crippen molar-refractivity contribution in [2.45, 2.75) is 0 Å². The van der Waals surface area contributed by atoms with Gasteiger partial charge in [-0.25, -0.2) is 0 Å². The molecule has 0 bridgehead atoms. The van der Waals surface area contributed by atoms with Crippen LogP contribution in [0.1, 0.15) is 5.69 Å². The predicted octanol–water partition coefficient (Wildman–Crippen LogP) is 2.81. The second-order valence-electron chi connectivity index (χ2n) is 2.90. The summed E-state index contributed by atoms with van der Waals surface area (Å²) in [5.41, 5.74) is 1.77. The van der Waals surface area contributed by atoms with E-state index in [1.807, 2.05) is 35.9 Å². The van der Waals surface area contributed by atoms with Crippen molar-refractivity contribution in [1.29, 1.82) is 5.26 Å². The number of fused-ring (bicyclic) bond motifs is 1. The predicted molar refractivity (Wildman–Crippen MR) is 55.3 cm³/mol. The smallest absolute Gasteiger partial charge is 0.121 e. The molecule has 3 heteroatoms. The number of halogens is 1. The molecule has 0 saturated heterocycles. The Balaban J connectivity index is 2.86. The molecule has 2 rings (SSSR count). The van der Waals surface area contributed by atoms with Crippen molar-refractivity contribution in [2.24, 2.45) is 7.05 Å². The van der Waals surface area contributed by atoms with Crippen LogP contribution in [0.15, 0.2) is 28.7 Å². The van der Waals surface area contributed by atoms with E-state index in [9.17, 15) is 0 Å². The highest BCUT2D eigenvalue weighted by atomic mass is 79.9. The third-order valence-corrected chi connectivity index (χ3v) is 2.61. The fraction of sp³-hybridized carbons (Fsp3) is 0.100. The molecule has 1 aromatic heterocycles. The van der Waals surface area contributed by atoms with E-state index in [0.29, 0.717) is 5.69 Å². The van der Waals surface area contributed by atoms with Gasteiger partial charge in [-0.2, -0.15) is 5.26 Å². The van der Waals surface area contributed by atoms with Gasteiger partial charge in [0.15, 0.2) is 0 Å². The van der Waals surface area contributed by atoms with Crippen LogP contribution in [0.3, 0.4) is 0 Å². The third kappa shape index (κ3) is 1.24. The Bertz CT molecular complexity index is 505. The number of hydrogen-bond acceptors (Lipinski definition) is 1. The molecule has 2 aromatic rings. The molecule has 0 atom stereocenters. The Labute approximate surface area is 84.5 Å². The zero-order valence-electron chi connectivity index (χ0n) is 7.08. The topological polar surface area (TPSA) is 28.7 Å². The Morgan fingerprint density at radius 2 is 2.15 bits per heavy atom. The van der Waals surface area contributed by atoms with Gasteiger partial charge in [0.2, 0.25) is 0 Å². The second kappa shape index (κ2) is 2.90. The minimum atomic E-state index is 0.688. The van der Waals surface area contributed by atoms with Crippen LogP contribution < -0.4 is 0 Å². The molecule has 0 aliphatic heterocycles. The Morgan fingerprint density at radius 1 is 1.38 bits per heavy atom. The van der Waals surface area contributed by atoms with Crippen LogP contribution >= 0.6 is 15.9 Å². The van der Waals surface area contributed by atoms with Crippen molar-refractivity contribution < 1.29 is 0 Å². The van der Waals surface area contributed by atoms with Crippen LogP contribution in [0, 0.1) is 11.3 Å². The zero-order chi connectivity index (χ0) is 9.42. The molecule has 13 heavy (non-hydrogen) atoms. The summed E-state index contributed by atoms with van der Waals surface area (Å²) in [5, 5.41) is 9.90. The average Bonchev–Trinajstić information content (AvgIpc) is 2.42. The Kier molecular flexibility index (Phi) is 1.86. The van der Waals surface area contributed by atoms with E-state index in [1.54, 1.807) is 0 Å². The number of benzene rings is 1. The van der Waals surface area contributed by atoms with E-state index in [2.05, 4.69) is 22.0 Å². The molecular weight excluding hydrogens is 228 g/mol. The fourth-order valence-corrected chi connectivity index (χ4v) is 1.81. The Hall–Kier alpha value is -1.27. The Morgan fingerprint density at radius 3 is 2.85 bits per heavy atom. The zero-order valence-corrected chi connectivity index (χ0v) is 8.67. The van der Waals surface area contributed by atoms with Crippen molar-refractivity contribution in [1.82, 2.24) is 4.57 Å². The number of nitrogens with zero attached hydrogens (tertiary/aromatic N) is 2. The molecule has 2 nitrogen and oxygen atoms in total. The quantitative estimate of drug-likeness (QED) is 0.690. The van der Waals surface area contributed by atoms with Gasteiger partial charge in [0, 0.05) is 22.4 Å². The minimum Gasteiger partial charge on any atom is -0.335 e. The molecule has 0 radical (unpaired) electrons. The molecule has 0 aliphatic rings. The molecule has 1 aromatic carbocycles. The third-order valence-electron chi connectivity index (χ3n) is 2.12. The SMILES string of the molecule is Cn1c(C#N)cc2cc(Br)ccc21. The monoisotopic (exact) mass is 234 g/mol. The number of rotatable bonds is 0. The fourth-order valence-electron chi connectivity index (χ4n) is 1.43. The van der Waals surface area contributed by atoms with Crippen molar-refractivity contribution in [2.75, 3.05) is 0 Å². The summed E-state index contributed by atoms with van der Waals surface area (Å²) in [6, 6.07) is 10.0. The highest BCUT2D eigenvalue weighted by Crippen LogP contribution is 2.22. The van der Waals surface area contributed by atoms with Gasteiger partial charge in [0.1, 0.15) is 11.8 Å². The summed E-state index contributed by atoms with van der Waals surface area (Å²) >= 11 is 3.40. The van der Waals surface area contributed by atoms with Crippen molar-refractivity contribution in [3.63, 3.8) is 0 Å². The molecule has 0 amide bonds. The van der Waals surface area contributed by atoms with Gasteiger partial charge >= 0.3 is 0 Å². The number of aromatic nitrogens is 1. The number of aryl methyl sites for hydroxylation is 1. The average molecular weight is 235 g/mol. The van der Waals surface area contributed by atoms with Gasteiger partial charge < -0.3 is 4.57 Å². The van der Waals surface area contributed by atoms with E-state index in [0.717, 1.165) is 15.4 Å². The second-order valence-corrected chi connectivity index (χ2v) is 3.82. The van der Waals surface area contributed by atoms with Crippen LogP contribution in [-0.2, 0) is 7.05 Å². The molecule has 64 valence electrons. The highest BCUT2D eigenvalue weighted by Gasteiger charge is 2.04. The molecule has 0 unspecified atom stereocenters. The van der Waals surface area contributed by atoms with Crippen molar-refractivity contribution in [3.8, 4) is 6.07 Å². The maximum atomic E-state index is 8.81. The van der Waals surface area contributed by atoms with Gasteiger partial charge in [-0.3, -0.25) is 0 Å². The summed E-state index contributed by atoms with van der Waals surface area (Å²) in [6.07, 6.45) is 0. The number of hydrogen-bond donors (Lipinski definition) is 0. The van der Waals surface area contributed by atoms with Gasteiger partial charge in [-0.1, -0.05) is 15.9 Å². The molecular formula is C10H7BrN2. The maximum absolute atomic E-state index is 8.81. The summed E-state index contributed by atoms with van der Waals surface area (Å²) < 4.78 is 2.93. The van der Waals surface area contributed by atoms with Crippen LogP contribution in [0.5, 0.6) is 0 Å². The van der Waals surface area contributed by atoms with Crippen molar-refractivity contribution >= 4 is 26.8 Å². The van der Waals surface area contributed by atoms with E-state index >= 15 is 0 Å². The lowest BCUT2D eigenvalue weighted by Gasteiger charge is -1.96. The van der Waals surface area contributed by atoms with E-state index in [-0.39, 0.29) is 0 Å². The lowest BCUT2D eigenvalue weighted by atomic mass is 10.2. The highest BCUT2D eigenvalue weighted by molar-refractivity contribution is 9.10. The van der Waals surface area contributed by atoms with Crippen LogP contribution in [-0.4, -0.2) is 4.57 Å². The molecule has 0 aliphatic carbocycles. The molecule has 1 heterocycles. The lowest BCUT2D eigenvalue weighted by Crippen LogP contribution is -1.89. The van der Waals surface area contributed by atoms with E-state index in [1.165, 1.54) is 0 Å². The summed E-state index contributed by atoms with van der Waals surface area (Å²) in [5.74, 6) is 0. The first kappa shape index (κ1) is 8.33. The molecule has 0 fully saturated rings. The largest absolute Gasteiger partial charge is 0.335 e. The van der Waals surface area contributed by atoms with Crippen molar-refractivity contribution in [3.05, 3.63) is 34.4 Å². The molecule has 0 N–H and O–H groups in total. The maximum Gasteiger partial charge on any atom is 0.121 e. The minimum absolute atomic E-state index is 0.688. The number of nitriles is 1. The lowest BCUT2D eigenvalue weighted by molar-refractivity contribution is 0.947. The normalized spacial score (nSPS) is 10.2. The van der Waals surface area contributed by atoms with Gasteiger partial charge in [-0.15, -0.1) is 0 Å². The van der Waals surface area contributed by atoms with Gasteiger partial charge in [0.05, 0.1) is 0 Å². The van der Waals surface area contributed by atoms with Gasteiger partial charge in [0.25, 0.3) is 0 Å². The van der Waals surface area contributed by atoms with E-state index in [4.69, 9.17) is 5.26 Å². The first-order valence-corrected chi connectivity index (χ1v) is 4.67. The van der Waals surface area contributed by atoms with E-state index < -0.39 is 0 Å². The summed E-state index contributed by atoms with van der Waals surface area (Å²) in [7, 11) is 1.90. The summed E-state index contributed by atoms with van der Waals surface area (Å²) in [6.45, 7) is 0. The van der Waals surface area contributed by atoms with Crippen LogP contribution in [0.25, 0.3) is 10.9 Å². The van der Waals surface area contributed by atoms with Crippen LogP contribution in [0.2, 0.25) is 0 Å². The van der Waals surface area contributed by atoms with Gasteiger partial charge in [-0.05, 0) is 24.3 Å². The first-order chi connectivity index (χ1) is 6.22. The standard InChI is InChI=1S/C10H7BrN2/c1-13-9(6-12)5-7-4-8(11)2-3-10(7)13/h2-5H,1H3. The molecule has 0 spiro atoms. The molecule has 0 saturated carbocycles.